The van der Waals surface area contributed by atoms with Gasteiger partial charge >= 0.3 is 0 Å². The molecule has 0 aliphatic rings. The zero-order valence-corrected chi connectivity index (χ0v) is 18.0. The number of hydrogen-bond donors (Lipinski definition) is 4. The van der Waals surface area contributed by atoms with E-state index in [4.69, 9.17) is 4.74 Å². The van der Waals surface area contributed by atoms with Crippen molar-refractivity contribution in [2.75, 3.05) is 26.3 Å². The normalized spacial score (nSPS) is 12.8. The van der Waals surface area contributed by atoms with Crippen molar-refractivity contribution in [3.05, 3.63) is 59.2 Å². The number of aliphatic hydroxyl groups is 2. The summed E-state index contributed by atoms with van der Waals surface area (Å²) in [6, 6.07) is 11.0. The molecule has 0 saturated heterocycles. The van der Waals surface area contributed by atoms with Crippen molar-refractivity contribution < 1.29 is 28.8 Å². The maximum Gasteiger partial charge on any atom is 0.296 e. The Morgan fingerprint density at radius 2 is 1.84 bits per heavy atom. The van der Waals surface area contributed by atoms with Gasteiger partial charge in [-0.25, -0.2) is 0 Å². The fraction of sp³-hybridized carbons (Fsp3) is 0.478. The second kappa shape index (κ2) is 12.8. The zero-order chi connectivity index (χ0) is 22.7. The van der Waals surface area contributed by atoms with Crippen molar-refractivity contribution in [2.24, 2.45) is 0 Å². The maximum absolute atomic E-state index is 14.1. The highest BCUT2D eigenvalue weighted by Crippen LogP contribution is 2.27. The molecule has 0 bridgehead atoms. The number of benzene rings is 2. The Morgan fingerprint density at radius 3 is 2.58 bits per heavy atom. The summed E-state index contributed by atoms with van der Waals surface area (Å²) in [5, 5.41) is 32.1. The molecule has 0 aromatic heterocycles. The Balaban J connectivity index is 1.52. The molecule has 0 radical (unpaired) electrons. The Morgan fingerprint density at radius 1 is 1.06 bits per heavy atom. The summed E-state index contributed by atoms with van der Waals surface area (Å²) in [5.41, 5.74) is 1.81. The number of alkyl halides is 2. The second-order valence-corrected chi connectivity index (χ2v) is 7.81. The summed E-state index contributed by atoms with van der Waals surface area (Å²) in [6.45, 7) is 0.515. The predicted molar refractivity (Wildman–Crippen MR) is 120 cm³/mol. The average Bonchev–Trinajstić information content (AvgIpc) is 2.75. The highest BCUT2D eigenvalue weighted by Gasteiger charge is 2.31. The van der Waals surface area contributed by atoms with Crippen molar-refractivity contribution in [3.8, 4) is 5.75 Å². The Labute approximate surface area is 183 Å². The molecule has 1 atom stereocenters. The number of hydrogen-bond acceptors (Lipinski definition) is 5. The van der Waals surface area contributed by atoms with Gasteiger partial charge in [0, 0.05) is 24.3 Å². The first kappa shape index (κ1) is 25.3. The van der Waals surface area contributed by atoms with Crippen molar-refractivity contribution in [2.45, 2.75) is 44.3 Å². The quantitative estimate of drug-likeness (QED) is 0.270. The van der Waals surface area contributed by atoms with Crippen LogP contribution in [0.4, 0.5) is 8.78 Å². The molecule has 0 saturated carbocycles. The third-order valence-corrected chi connectivity index (χ3v) is 5.11. The molecule has 170 valence electrons. The minimum atomic E-state index is -2.98. The molecule has 4 N–H and O–H groups in total. The first-order valence-electron chi connectivity index (χ1n) is 10.7. The van der Waals surface area contributed by atoms with Gasteiger partial charge in [0.15, 0.2) is 0 Å². The summed E-state index contributed by atoms with van der Waals surface area (Å²) in [7, 11) is 1.79. The van der Waals surface area contributed by atoms with Crippen LogP contribution in [0.2, 0.25) is 0 Å². The van der Waals surface area contributed by atoms with Gasteiger partial charge in [0.1, 0.15) is 20.2 Å². The van der Waals surface area contributed by atoms with Crippen molar-refractivity contribution in [3.63, 3.8) is 0 Å². The van der Waals surface area contributed by atoms with Gasteiger partial charge in [-0.1, -0.05) is 48.6 Å². The molecular formula is C23H32BF2NO4. The van der Waals surface area contributed by atoms with Crippen LogP contribution in [0.15, 0.2) is 42.5 Å². The molecule has 0 amide bonds. The molecule has 0 aliphatic heterocycles. The van der Waals surface area contributed by atoms with E-state index in [-0.39, 0.29) is 17.9 Å². The highest BCUT2D eigenvalue weighted by atomic mass is 19.3. The van der Waals surface area contributed by atoms with E-state index < -0.39 is 18.6 Å². The lowest BCUT2D eigenvalue weighted by molar-refractivity contribution is -0.0830. The Kier molecular flexibility index (Phi) is 10.4. The summed E-state index contributed by atoms with van der Waals surface area (Å²) < 4.78 is 33.4. The fourth-order valence-corrected chi connectivity index (χ4v) is 3.26. The molecule has 1 unspecified atom stereocenters. The van der Waals surface area contributed by atoms with E-state index in [1.807, 2.05) is 0 Å². The number of unbranched alkanes of at least 4 members (excludes halogenated alkanes) is 3. The molecule has 2 aromatic rings. The standard InChI is InChI=1S/C23H32BF2NO4/c24-20-7-5-6-19(13-20)23(25,26)16-31-11-4-2-1-3-10-27-14-22(30)17-8-9-21(29)18(12-17)15-28/h5-9,12-13,22,27-30H,1-4,10-11,14-16,24H2. The minimum absolute atomic E-state index is 0.00858. The maximum atomic E-state index is 14.1. The van der Waals surface area contributed by atoms with Gasteiger partial charge in [-0.3, -0.25) is 0 Å². The number of rotatable bonds is 14. The van der Waals surface area contributed by atoms with Crippen LogP contribution in [0.3, 0.4) is 0 Å². The average molecular weight is 435 g/mol. The molecule has 31 heavy (non-hydrogen) atoms. The van der Waals surface area contributed by atoms with E-state index in [9.17, 15) is 24.1 Å². The number of phenols is 1. The zero-order valence-electron chi connectivity index (χ0n) is 18.0. The van der Waals surface area contributed by atoms with Crippen LogP contribution in [0.5, 0.6) is 5.75 Å². The van der Waals surface area contributed by atoms with Crippen molar-refractivity contribution in [1.29, 1.82) is 0 Å². The Hall–Kier alpha value is -2.00. The number of aliphatic hydroxyl groups excluding tert-OH is 2. The fourth-order valence-electron chi connectivity index (χ4n) is 3.26. The van der Waals surface area contributed by atoms with E-state index >= 15 is 0 Å². The smallest absolute Gasteiger partial charge is 0.296 e. The van der Waals surface area contributed by atoms with Gasteiger partial charge in [-0.05, 0) is 37.1 Å². The number of aromatic hydroxyl groups is 1. The number of halogens is 2. The summed E-state index contributed by atoms with van der Waals surface area (Å²) in [4.78, 5) is 0. The molecule has 0 fully saturated rings. The van der Waals surface area contributed by atoms with Crippen LogP contribution in [0.25, 0.3) is 0 Å². The number of nitrogens with one attached hydrogen (secondary N) is 1. The third kappa shape index (κ3) is 8.57. The van der Waals surface area contributed by atoms with Crippen molar-refractivity contribution >= 4 is 13.3 Å². The first-order valence-corrected chi connectivity index (χ1v) is 10.7. The molecule has 2 rings (SSSR count). The summed E-state index contributed by atoms with van der Waals surface area (Å²) in [5.74, 6) is -2.97. The van der Waals surface area contributed by atoms with Crippen LogP contribution in [0.1, 0.15) is 48.5 Å². The summed E-state index contributed by atoms with van der Waals surface area (Å²) >= 11 is 0. The van der Waals surface area contributed by atoms with Crippen LogP contribution in [0, 0.1) is 0 Å². The molecule has 0 spiro atoms. The van der Waals surface area contributed by atoms with E-state index in [1.54, 1.807) is 32.1 Å². The van der Waals surface area contributed by atoms with Crippen molar-refractivity contribution in [1.82, 2.24) is 5.32 Å². The van der Waals surface area contributed by atoms with Gasteiger partial charge in [0.05, 0.1) is 12.7 Å². The lowest BCUT2D eigenvalue weighted by atomic mass is 9.93. The molecule has 0 aliphatic carbocycles. The van der Waals surface area contributed by atoms with Crippen LogP contribution in [-0.2, 0) is 17.3 Å². The lowest BCUT2D eigenvalue weighted by Gasteiger charge is -2.17. The summed E-state index contributed by atoms with van der Waals surface area (Å²) in [6.07, 6.45) is 2.73. The topological polar surface area (TPSA) is 82.0 Å². The molecule has 5 nitrogen and oxygen atoms in total. The Bertz CT molecular complexity index is 807. The van der Waals surface area contributed by atoms with Crippen LogP contribution >= 0.6 is 0 Å². The van der Waals surface area contributed by atoms with E-state index in [0.29, 0.717) is 24.3 Å². The van der Waals surface area contributed by atoms with E-state index in [2.05, 4.69) is 5.32 Å². The molecule has 0 heterocycles. The lowest BCUT2D eigenvalue weighted by Crippen LogP contribution is -2.23. The third-order valence-electron chi connectivity index (χ3n) is 5.11. The number of ether oxygens (including phenoxy) is 1. The van der Waals surface area contributed by atoms with Gasteiger partial charge < -0.3 is 25.4 Å². The molecule has 2 aromatic carbocycles. The largest absolute Gasteiger partial charge is 0.508 e. The van der Waals surface area contributed by atoms with Gasteiger partial charge in [-0.15, -0.1) is 0 Å². The van der Waals surface area contributed by atoms with Crippen LogP contribution in [-0.4, -0.2) is 49.5 Å². The molecular weight excluding hydrogens is 403 g/mol. The highest BCUT2D eigenvalue weighted by molar-refractivity contribution is 6.32. The minimum Gasteiger partial charge on any atom is -0.508 e. The van der Waals surface area contributed by atoms with Gasteiger partial charge in [0.2, 0.25) is 0 Å². The predicted octanol–water partition coefficient (Wildman–Crippen LogP) is 2.13. The van der Waals surface area contributed by atoms with Gasteiger partial charge in [-0.2, -0.15) is 8.78 Å². The van der Waals surface area contributed by atoms with E-state index in [0.717, 1.165) is 37.7 Å². The first-order chi connectivity index (χ1) is 14.8. The van der Waals surface area contributed by atoms with Crippen LogP contribution < -0.4 is 10.8 Å². The monoisotopic (exact) mass is 435 g/mol. The van der Waals surface area contributed by atoms with E-state index in [1.165, 1.54) is 18.2 Å². The SMILES string of the molecule is Bc1cccc(C(F)(F)COCCCCCCNCC(O)c2ccc(O)c(CO)c2)c1. The van der Waals surface area contributed by atoms with Gasteiger partial charge in [0.25, 0.3) is 5.92 Å². The second-order valence-electron chi connectivity index (χ2n) is 7.81. The molecule has 8 heteroatoms.